The molecule has 0 rings (SSSR count). The molecular weight excluding hydrogens is 144 g/mol. The molecule has 2 N–H and O–H groups in total. The molecule has 0 aromatic carbocycles. The summed E-state index contributed by atoms with van der Waals surface area (Å²) in [6.07, 6.45) is 0. The third-order valence-corrected chi connectivity index (χ3v) is 1.60. The SMILES string of the molecule is CC(C)=C(O)C(C)(C)C(=O)O. The van der Waals surface area contributed by atoms with Crippen molar-refractivity contribution in [2.45, 2.75) is 27.7 Å². The lowest BCUT2D eigenvalue weighted by Crippen LogP contribution is -2.26. The monoisotopic (exact) mass is 158 g/mol. The van der Waals surface area contributed by atoms with E-state index in [0.29, 0.717) is 5.57 Å². The zero-order valence-electron chi connectivity index (χ0n) is 7.30. The van der Waals surface area contributed by atoms with Crippen molar-refractivity contribution in [1.29, 1.82) is 0 Å². The highest BCUT2D eigenvalue weighted by Gasteiger charge is 2.32. The van der Waals surface area contributed by atoms with Crippen molar-refractivity contribution in [1.82, 2.24) is 0 Å². The molecule has 0 atom stereocenters. The first-order valence-electron chi connectivity index (χ1n) is 3.40. The molecule has 0 fully saturated rings. The molecule has 0 amide bonds. The second-order valence-corrected chi connectivity index (χ2v) is 3.28. The van der Waals surface area contributed by atoms with E-state index in [1.807, 2.05) is 0 Å². The van der Waals surface area contributed by atoms with E-state index in [1.165, 1.54) is 13.8 Å². The lowest BCUT2D eigenvalue weighted by molar-refractivity contribution is -0.146. The fraction of sp³-hybridized carbons (Fsp3) is 0.625. The molecule has 0 aromatic rings. The van der Waals surface area contributed by atoms with Gasteiger partial charge in [0.2, 0.25) is 0 Å². The van der Waals surface area contributed by atoms with Crippen molar-refractivity contribution in [3.8, 4) is 0 Å². The van der Waals surface area contributed by atoms with Crippen LogP contribution in [0.2, 0.25) is 0 Å². The minimum Gasteiger partial charge on any atom is -0.511 e. The van der Waals surface area contributed by atoms with Crippen LogP contribution in [-0.4, -0.2) is 16.2 Å². The maximum Gasteiger partial charge on any atom is 0.316 e. The number of aliphatic hydroxyl groups is 1. The van der Waals surface area contributed by atoms with E-state index in [0.717, 1.165) is 0 Å². The van der Waals surface area contributed by atoms with Crippen LogP contribution in [0, 0.1) is 5.41 Å². The molecule has 0 unspecified atom stereocenters. The number of allylic oxidation sites excluding steroid dienone is 1. The predicted molar refractivity (Wildman–Crippen MR) is 42.4 cm³/mol. The Balaban J connectivity index is 4.86. The van der Waals surface area contributed by atoms with Crippen molar-refractivity contribution in [3.63, 3.8) is 0 Å². The smallest absolute Gasteiger partial charge is 0.316 e. The average Bonchev–Trinajstić information content (AvgIpc) is 1.85. The minimum atomic E-state index is -1.17. The fourth-order valence-electron chi connectivity index (χ4n) is 0.726. The van der Waals surface area contributed by atoms with Crippen molar-refractivity contribution in [2.75, 3.05) is 0 Å². The maximum absolute atomic E-state index is 10.6. The maximum atomic E-state index is 10.6. The van der Waals surface area contributed by atoms with Crippen LogP contribution in [0.3, 0.4) is 0 Å². The molecule has 0 aliphatic heterocycles. The highest BCUT2D eigenvalue weighted by Crippen LogP contribution is 2.26. The summed E-state index contributed by atoms with van der Waals surface area (Å²) >= 11 is 0. The minimum absolute atomic E-state index is 0.0648. The van der Waals surface area contributed by atoms with Crippen LogP contribution < -0.4 is 0 Å². The van der Waals surface area contributed by atoms with Gasteiger partial charge >= 0.3 is 5.97 Å². The molecule has 0 bridgehead atoms. The summed E-state index contributed by atoms with van der Waals surface area (Å²) in [5.74, 6) is -1.08. The molecule has 0 heterocycles. The molecule has 3 nitrogen and oxygen atoms in total. The summed E-state index contributed by atoms with van der Waals surface area (Å²) in [7, 11) is 0. The normalized spacial score (nSPS) is 10.9. The molecule has 3 heteroatoms. The lowest BCUT2D eigenvalue weighted by Gasteiger charge is -2.19. The number of carboxylic acid groups (broad SMARTS) is 1. The number of aliphatic carboxylic acids is 1. The number of carbonyl (C=O) groups is 1. The Bertz CT molecular complexity index is 197. The Kier molecular flexibility index (Phi) is 2.68. The van der Waals surface area contributed by atoms with Crippen LogP contribution in [0.4, 0.5) is 0 Å². The van der Waals surface area contributed by atoms with Gasteiger partial charge in [-0.2, -0.15) is 0 Å². The van der Waals surface area contributed by atoms with Gasteiger partial charge in [-0.1, -0.05) is 0 Å². The first kappa shape index (κ1) is 10.0. The van der Waals surface area contributed by atoms with Crippen LogP contribution in [0.1, 0.15) is 27.7 Å². The highest BCUT2D eigenvalue weighted by atomic mass is 16.4. The quantitative estimate of drug-likeness (QED) is 0.604. The second-order valence-electron chi connectivity index (χ2n) is 3.28. The Labute approximate surface area is 66.4 Å². The Morgan fingerprint density at radius 3 is 1.64 bits per heavy atom. The summed E-state index contributed by atoms with van der Waals surface area (Å²) in [4.78, 5) is 10.6. The summed E-state index contributed by atoms with van der Waals surface area (Å²) in [5, 5.41) is 18.0. The lowest BCUT2D eigenvalue weighted by atomic mass is 9.89. The third-order valence-electron chi connectivity index (χ3n) is 1.60. The first-order chi connectivity index (χ1) is 4.80. The fourth-order valence-corrected chi connectivity index (χ4v) is 0.726. The van der Waals surface area contributed by atoms with E-state index in [-0.39, 0.29) is 5.76 Å². The second kappa shape index (κ2) is 2.95. The van der Waals surface area contributed by atoms with Gasteiger partial charge in [-0.15, -0.1) is 0 Å². The number of aliphatic hydroxyl groups excluding tert-OH is 1. The van der Waals surface area contributed by atoms with Crippen molar-refractivity contribution >= 4 is 5.97 Å². The molecule has 0 saturated heterocycles. The van der Waals surface area contributed by atoms with Crippen LogP contribution in [0.25, 0.3) is 0 Å². The largest absolute Gasteiger partial charge is 0.511 e. The van der Waals surface area contributed by atoms with Crippen molar-refractivity contribution in [3.05, 3.63) is 11.3 Å². The molecule has 0 radical (unpaired) electrons. The van der Waals surface area contributed by atoms with Gasteiger partial charge in [0, 0.05) is 0 Å². The van der Waals surface area contributed by atoms with E-state index in [9.17, 15) is 9.90 Å². The zero-order valence-corrected chi connectivity index (χ0v) is 7.30. The highest BCUT2D eigenvalue weighted by molar-refractivity contribution is 5.77. The van der Waals surface area contributed by atoms with Gasteiger partial charge in [0.25, 0.3) is 0 Å². The standard InChI is InChI=1S/C8H14O3/c1-5(2)6(9)8(3,4)7(10)11/h9H,1-4H3,(H,10,11). The van der Waals surface area contributed by atoms with E-state index < -0.39 is 11.4 Å². The van der Waals surface area contributed by atoms with Gasteiger partial charge in [0.05, 0.1) is 0 Å². The molecule has 0 spiro atoms. The van der Waals surface area contributed by atoms with Crippen LogP contribution >= 0.6 is 0 Å². The molecule has 0 aliphatic carbocycles. The van der Waals surface area contributed by atoms with Gasteiger partial charge in [-0.05, 0) is 33.3 Å². The van der Waals surface area contributed by atoms with Gasteiger partial charge in [-0.25, -0.2) is 0 Å². The van der Waals surface area contributed by atoms with E-state index >= 15 is 0 Å². The average molecular weight is 158 g/mol. The number of carboxylic acids is 1. The van der Waals surface area contributed by atoms with Crippen molar-refractivity contribution in [2.24, 2.45) is 5.41 Å². The molecule has 11 heavy (non-hydrogen) atoms. The summed E-state index contributed by atoms with van der Waals surface area (Å²) < 4.78 is 0. The zero-order chi connectivity index (χ0) is 9.23. The van der Waals surface area contributed by atoms with Gasteiger partial charge in [0.1, 0.15) is 11.2 Å². The number of hydrogen-bond donors (Lipinski definition) is 2. The Morgan fingerprint density at radius 1 is 1.18 bits per heavy atom. The Hall–Kier alpha value is -0.990. The van der Waals surface area contributed by atoms with Crippen molar-refractivity contribution < 1.29 is 15.0 Å². The molecule has 0 saturated carbocycles. The van der Waals surface area contributed by atoms with E-state index in [2.05, 4.69) is 0 Å². The van der Waals surface area contributed by atoms with Crippen LogP contribution in [-0.2, 0) is 4.79 Å². The Morgan fingerprint density at radius 2 is 1.55 bits per heavy atom. The van der Waals surface area contributed by atoms with Crippen LogP contribution in [0.15, 0.2) is 11.3 Å². The summed E-state index contributed by atoms with van der Waals surface area (Å²) in [6, 6.07) is 0. The first-order valence-corrected chi connectivity index (χ1v) is 3.40. The molecule has 0 aromatic heterocycles. The topological polar surface area (TPSA) is 57.5 Å². The summed E-state index contributed by atoms with van der Waals surface area (Å²) in [6.45, 7) is 6.30. The van der Waals surface area contributed by atoms with E-state index in [4.69, 9.17) is 5.11 Å². The molecule has 64 valence electrons. The molecular formula is C8H14O3. The summed E-state index contributed by atoms with van der Waals surface area (Å²) in [5.41, 5.74) is -0.531. The predicted octanol–water partition coefficient (Wildman–Crippen LogP) is 1.95. The van der Waals surface area contributed by atoms with E-state index in [1.54, 1.807) is 13.8 Å². The van der Waals surface area contributed by atoms with Gasteiger partial charge in [-0.3, -0.25) is 4.79 Å². The number of rotatable bonds is 2. The molecule has 0 aliphatic rings. The number of hydrogen-bond acceptors (Lipinski definition) is 2. The van der Waals surface area contributed by atoms with Gasteiger partial charge in [0.15, 0.2) is 0 Å². The van der Waals surface area contributed by atoms with Crippen LogP contribution in [0.5, 0.6) is 0 Å². The van der Waals surface area contributed by atoms with Gasteiger partial charge < -0.3 is 10.2 Å². The third kappa shape index (κ3) is 1.97.